The summed E-state index contributed by atoms with van der Waals surface area (Å²) in [5, 5.41) is 0. The molecule has 0 saturated heterocycles. The summed E-state index contributed by atoms with van der Waals surface area (Å²) in [6.07, 6.45) is 0.845. The van der Waals surface area contributed by atoms with Gasteiger partial charge in [0.25, 0.3) is 15.9 Å². The lowest BCUT2D eigenvalue weighted by atomic mass is 10.2. The van der Waals surface area contributed by atoms with E-state index in [1.165, 1.54) is 17.4 Å². The van der Waals surface area contributed by atoms with E-state index in [0.717, 1.165) is 22.4 Å². The fourth-order valence-corrected chi connectivity index (χ4v) is 4.39. The van der Waals surface area contributed by atoms with Gasteiger partial charge in [-0.05, 0) is 50.5 Å². The van der Waals surface area contributed by atoms with Crippen molar-refractivity contribution in [2.75, 3.05) is 0 Å². The molecule has 0 radical (unpaired) electrons. The van der Waals surface area contributed by atoms with Crippen LogP contribution in [0.4, 0.5) is 0 Å². The third-order valence-corrected chi connectivity index (χ3v) is 6.27. The average molecular weight is 352 g/mol. The zero-order valence-electron chi connectivity index (χ0n) is 13.6. The first-order valence-corrected chi connectivity index (χ1v) is 9.53. The predicted octanol–water partition coefficient (Wildman–Crippen LogP) is 2.86. The number of aryl methyl sites for hydroxylation is 4. The van der Waals surface area contributed by atoms with Gasteiger partial charge in [-0.3, -0.25) is 10.2 Å². The van der Waals surface area contributed by atoms with E-state index in [2.05, 4.69) is 10.3 Å². The van der Waals surface area contributed by atoms with E-state index in [1.807, 2.05) is 20.8 Å². The van der Waals surface area contributed by atoms with E-state index >= 15 is 0 Å². The largest absolute Gasteiger partial charge is 0.276 e. The Bertz CT molecular complexity index is 839. The molecule has 0 aliphatic rings. The second kappa shape index (κ2) is 6.82. The van der Waals surface area contributed by atoms with Crippen LogP contribution in [0.25, 0.3) is 0 Å². The van der Waals surface area contributed by atoms with E-state index in [1.54, 1.807) is 25.1 Å². The lowest BCUT2D eigenvalue weighted by Crippen LogP contribution is -2.41. The molecule has 2 rings (SSSR count). The summed E-state index contributed by atoms with van der Waals surface area (Å²) in [5.41, 5.74) is 4.93. The predicted molar refractivity (Wildman–Crippen MR) is 92.1 cm³/mol. The van der Waals surface area contributed by atoms with Crippen molar-refractivity contribution < 1.29 is 13.2 Å². The Labute approximate surface area is 140 Å². The molecule has 2 N–H and O–H groups in total. The molecule has 0 spiro atoms. The smallest absolute Gasteiger partial charge is 0.273 e. The molecule has 124 valence electrons. The summed E-state index contributed by atoms with van der Waals surface area (Å²) in [5.74, 6) is -0.453. The number of benzene rings is 1. The maximum absolute atomic E-state index is 12.3. The number of hydrogen-bond donors (Lipinski definition) is 2. The lowest BCUT2D eigenvalue weighted by Gasteiger charge is -2.10. The third-order valence-electron chi connectivity index (χ3n) is 3.48. The number of rotatable bonds is 5. The summed E-state index contributed by atoms with van der Waals surface area (Å²) < 4.78 is 24.6. The fourth-order valence-electron chi connectivity index (χ4n) is 2.31. The molecule has 1 aromatic heterocycles. The van der Waals surface area contributed by atoms with Gasteiger partial charge < -0.3 is 0 Å². The summed E-state index contributed by atoms with van der Waals surface area (Å²) in [7, 11) is -3.80. The highest BCUT2D eigenvalue weighted by atomic mass is 32.2. The van der Waals surface area contributed by atoms with Crippen LogP contribution in [0.2, 0.25) is 0 Å². The van der Waals surface area contributed by atoms with Gasteiger partial charge in [0.1, 0.15) is 0 Å². The molecular formula is C16H20N2O3S2. The van der Waals surface area contributed by atoms with E-state index in [4.69, 9.17) is 0 Å². The van der Waals surface area contributed by atoms with E-state index in [0.29, 0.717) is 10.4 Å². The molecule has 2 aromatic rings. The minimum Gasteiger partial charge on any atom is -0.273 e. The quantitative estimate of drug-likeness (QED) is 0.813. The van der Waals surface area contributed by atoms with Crippen LogP contribution < -0.4 is 10.3 Å². The molecule has 0 atom stereocenters. The Kier molecular flexibility index (Phi) is 5.23. The van der Waals surface area contributed by atoms with Crippen molar-refractivity contribution >= 4 is 27.3 Å². The minimum atomic E-state index is -3.80. The fraction of sp³-hybridized carbons (Fsp3) is 0.312. The molecule has 5 nitrogen and oxygen atoms in total. The summed E-state index contributed by atoms with van der Waals surface area (Å²) in [6.45, 7) is 7.57. The Morgan fingerprint density at radius 3 is 2.39 bits per heavy atom. The first kappa shape index (κ1) is 17.7. The highest BCUT2D eigenvalue weighted by Crippen LogP contribution is 2.22. The molecule has 1 heterocycles. The molecule has 0 saturated carbocycles. The van der Waals surface area contributed by atoms with E-state index in [9.17, 15) is 13.2 Å². The molecule has 0 aliphatic heterocycles. The summed E-state index contributed by atoms with van der Waals surface area (Å²) >= 11 is 1.37. The van der Waals surface area contributed by atoms with Gasteiger partial charge in [0.2, 0.25) is 0 Å². The molecule has 0 unspecified atom stereocenters. The summed E-state index contributed by atoms with van der Waals surface area (Å²) in [4.78, 5) is 16.0. The van der Waals surface area contributed by atoms with Crippen LogP contribution in [-0.2, 0) is 16.4 Å². The van der Waals surface area contributed by atoms with Crippen LogP contribution >= 0.6 is 11.3 Å². The first-order valence-electron chi connectivity index (χ1n) is 7.23. The van der Waals surface area contributed by atoms with Crippen LogP contribution in [0.1, 0.15) is 38.2 Å². The number of amides is 1. The Morgan fingerprint density at radius 2 is 1.83 bits per heavy atom. The van der Waals surface area contributed by atoms with Crippen LogP contribution in [0.3, 0.4) is 0 Å². The lowest BCUT2D eigenvalue weighted by molar-refractivity contribution is 0.0949. The minimum absolute atomic E-state index is 0.153. The summed E-state index contributed by atoms with van der Waals surface area (Å²) in [6, 6.07) is 6.81. The van der Waals surface area contributed by atoms with Crippen molar-refractivity contribution in [3.8, 4) is 0 Å². The SMILES string of the molecule is CCc1sc(C(=O)NNS(=O)(=O)c2ccc(C)cc2C)cc1C. The highest BCUT2D eigenvalue weighted by molar-refractivity contribution is 7.89. The third kappa shape index (κ3) is 3.99. The number of sulfonamides is 1. The van der Waals surface area contributed by atoms with Crippen LogP contribution in [0.5, 0.6) is 0 Å². The molecule has 0 bridgehead atoms. The molecule has 1 aromatic carbocycles. The van der Waals surface area contributed by atoms with E-state index in [-0.39, 0.29) is 4.90 Å². The Hall–Kier alpha value is -1.70. The Morgan fingerprint density at radius 1 is 1.13 bits per heavy atom. The van der Waals surface area contributed by atoms with Crippen molar-refractivity contribution in [3.05, 3.63) is 50.7 Å². The number of carbonyl (C=O) groups is 1. The van der Waals surface area contributed by atoms with Crippen LogP contribution in [-0.4, -0.2) is 14.3 Å². The van der Waals surface area contributed by atoms with Gasteiger partial charge in [-0.15, -0.1) is 16.2 Å². The van der Waals surface area contributed by atoms with Crippen molar-refractivity contribution in [1.29, 1.82) is 0 Å². The van der Waals surface area contributed by atoms with Gasteiger partial charge in [0, 0.05) is 4.88 Å². The van der Waals surface area contributed by atoms with Gasteiger partial charge in [0.15, 0.2) is 0 Å². The number of hydrazine groups is 1. The van der Waals surface area contributed by atoms with Crippen LogP contribution in [0, 0.1) is 20.8 Å². The second-order valence-corrected chi connectivity index (χ2v) is 8.19. The molecule has 23 heavy (non-hydrogen) atoms. The van der Waals surface area contributed by atoms with Gasteiger partial charge in [-0.25, -0.2) is 8.42 Å². The Balaban J connectivity index is 2.13. The number of carbonyl (C=O) groups excluding carboxylic acids is 1. The average Bonchev–Trinajstić information content (AvgIpc) is 2.85. The van der Waals surface area contributed by atoms with Crippen molar-refractivity contribution in [1.82, 2.24) is 10.3 Å². The maximum atomic E-state index is 12.3. The van der Waals surface area contributed by atoms with Gasteiger partial charge in [-0.1, -0.05) is 24.6 Å². The first-order chi connectivity index (χ1) is 10.7. The second-order valence-electron chi connectivity index (χ2n) is 5.40. The highest BCUT2D eigenvalue weighted by Gasteiger charge is 2.19. The topological polar surface area (TPSA) is 75.3 Å². The molecular weight excluding hydrogens is 332 g/mol. The van der Waals surface area contributed by atoms with Gasteiger partial charge >= 0.3 is 0 Å². The zero-order chi connectivity index (χ0) is 17.2. The van der Waals surface area contributed by atoms with Crippen molar-refractivity contribution in [2.24, 2.45) is 0 Å². The number of hydrogen-bond acceptors (Lipinski definition) is 4. The monoisotopic (exact) mass is 352 g/mol. The molecule has 7 heteroatoms. The van der Waals surface area contributed by atoms with E-state index < -0.39 is 15.9 Å². The van der Waals surface area contributed by atoms with Gasteiger partial charge in [0.05, 0.1) is 9.77 Å². The molecule has 0 fully saturated rings. The number of thiophene rings is 1. The number of nitrogens with one attached hydrogen (secondary N) is 2. The maximum Gasteiger partial charge on any atom is 0.276 e. The van der Waals surface area contributed by atoms with Gasteiger partial charge in [-0.2, -0.15) is 0 Å². The molecule has 0 aliphatic carbocycles. The van der Waals surface area contributed by atoms with Crippen molar-refractivity contribution in [3.63, 3.8) is 0 Å². The normalized spacial score (nSPS) is 11.5. The zero-order valence-corrected chi connectivity index (χ0v) is 15.2. The van der Waals surface area contributed by atoms with Crippen LogP contribution in [0.15, 0.2) is 29.2 Å². The van der Waals surface area contributed by atoms with Crippen molar-refractivity contribution in [2.45, 2.75) is 39.0 Å². The standard InChI is InChI=1S/C16H20N2O3S2/c1-5-13-11(3)9-14(22-13)16(19)17-18-23(20,21)15-7-6-10(2)8-12(15)4/h6-9,18H,5H2,1-4H3,(H,17,19). The molecule has 1 amide bonds.